The molecule has 0 amide bonds. The van der Waals surface area contributed by atoms with Crippen LogP contribution in [0.5, 0.6) is 5.75 Å². The number of aliphatic carboxylic acids is 1. The fourth-order valence-electron chi connectivity index (χ4n) is 5.61. The van der Waals surface area contributed by atoms with Gasteiger partial charge in [-0.05, 0) is 59.1 Å². The van der Waals surface area contributed by atoms with Crippen molar-refractivity contribution < 1.29 is 19.7 Å². The summed E-state index contributed by atoms with van der Waals surface area (Å²) in [7, 11) is 1.73. The maximum absolute atomic E-state index is 11.0. The number of ether oxygens (including phenoxy) is 1. The summed E-state index contributed by atoms with van der Waals surface area (Å²) < 4.78 is 5.62. The van der Waals surface area contributed by atoms with Gasteiger partial charge >= 0.3 is 0 Å². The van der Waals surface area contributed by atoms with Gasteiger partial charge in [0.2, 0.25) is 0 Å². The molecule has 2 aliphatic rings. The molecule has 0 saturated heterocycles. The lowest BCUT2D eigenvalue weighted by molar-refractivity contribution is -0.134. The van der Waals surface area contributed by atoms with Gasteiger partial charge in [0.05, 0.1) is 13.2 Å². The highest BCUT2D eigenvalue weighted by molar-refractivity contribution is 5.63. The molecule has 152 valence electrons. The summed E-state index contributed by atoms with van der Waals surface area (Å²) in [4.78, 5) is 9.00. The molecule has 2 aliphatic carbocycles. The average Bonchev–Trinajstić information content (AvgIpc) is 2.55. The maximum atomic E-state index is 11.0. The van der Waals surface area contributed by atoms with Gasteiger partial charge in [-0.3, -0.25) is 4.79 Å². The highest BCUT2D eigenvalue weighted by Crippen LogP contribution is 2.60. The first-order chi connectivity index (χ1) is 12.5. The van der Waals surface area contributed by atoms with Crippen LogP contribution in [0.3, 0.4) is 0 Å². The maximum Gasteiger partial charge on any atom is 0.300 e. The number of hydrogen-bond donors (Lipinski definition) is 2. The fraction of sp³-hybridized carbons (Fsp3) is 0.696. The largest absolute Gasteiger partial charge is 0.496 e. The number of carboxylic acids is 1. The summed E-state index contributed by atoms with van der Waals surface area (Å²) >= 11 is 0. The van der Waals surface area contributed by atoms with Gasteiger partial charge in [0.1, 0.15) is 5.75 Å². The summed E-state index contributed by atoms with van der Waals surface area (Å²) in [5.41, 5.74) is 4.21. The minimum absolute atomic E-state index is 0.173. The third kappa shape index (κ3) is 4.01. The van der Waals surface area contributed by atoms with Crippen molar-refractivity contribution in [1.82, 2.24) is 0 Å². The van der Waals surface area contributed by atoms with Crippen LogP contribution in [0.1, 0.15) is 95.9 Å². The first-order valence-electron chi connectivity index (χ1n) is 10.0. The molecule has 4 nitrogen and oxygen atoms in total. The van der Waals surface area contributed by atoms with Crippen molar-refractivity contribution in [3.63, 3.8) is 0 Å². The Hall–Kier alpha value is -1.55. The second-order valence-corrected chi connectivity index (χ2v) is 9.38. The average molecular weight is 377 g/mol. The van der Waals surface area contributed by atoms with E-state index in [0.717, 1.165) is 24.7 Å². The van der Waals surface area contributed by atoms with E-state index in [9.17, 15) is 5.11 Å². The molecule has 3 unspecified atom stereocenters. The van der Waals surface area contributed by atoms with E-state index in [0.29, 0.717) is 17.3 Å². The minimum Gasteiger partial charge on any atom is -0.496 e. The Morgan fingerprint density at radius 2 is 1.81 bits per heavy atom. The second-order valence-electron chi connectivity index (χ2n) is 9.38. The van der Waals surface area contributed by atoms with Crippen molar-refractivity contribution in [2.24, 2.45) is 11.3 Å². The standard InChI is InChI=1S/C21H32O2.C2H4O2/c1-13(2)18-16(23-6)9-8-14-19(18)15(22)12-17-20(3,4)10-7-11-21(14,17)5;1-2(3)4/h8-9,13,15,17,22H,7,10-12H2,1-6H3;1H3,(H,3,4). The van der Waals surface area contributed by atoms with E-state index in [2.05, 4.69) is 46.8 Å². The smallest absolute Gasteiger partial charge is 0.300 e. The Bertz CT molecular complexity index is 688. The van der Waals surface area contributed by atoms with Crippen LogP contribution in [0.15, 0.2) is 12.1 Å². The lowest BCUT2D eigenvalue weighted by atomic mass is 9.49. The van der Waals surface area contributed by atoms with Crippen molar-refractivity contribution in [1.29, 1.82) is 0 Å². The van der Waals surface area contributed by atoms with Gasteiger partial charge in [0.25, 0.3) is 5.97 Å². The van der Waals surface area contributed by atoms with Crippen LogP contribution in [0.4, 0.5) is 0 Å². The first kappa shape index (κ1) is 21.7. The normalized spacial score (nSPS) is 28.5. The Balaban J connectivity index is 0.000000596. The van der Waals surface area contributed by atoms with E-state index in [1.54, 1.807) is 7.11 Å². The van der Waals surface area contributed by atoms with Crippen LogP contribution < -0.4 is 4.74 Å². The third-order valence-electron chi connectivity index (χ3n) is 6.68. The number of rotatable bonds is 2. The van der Waals surface area contributed by atoms with Gasteiger partial charge in [-0.1, -0.05) is 47.1 Å². The molecule has 0 radical (unpaired) electrons. The van der Waals surface area contributed by atoms with Crippen LogP contribution in [-0.2, 0) is 10.2 Å². The number of methoxy groups -OCH3 is 1. The zero-order valence-corrected chi connectivity index (χ0v) is 17.9. The lowest BCUT2D eigenvalue weighted by Gasteiger charge is -2.55. The van der Waals surface area contributed by atoms with Crippen LogP contribution in [0, 0.1) is 11.3 Å². The van der Waals surface area contributed by atoms with Gasteiger partial charge in [-0.25, -0.2) is 0 Å². The molecule has 1 fully saturated rings. The number of fused-ring (bicyclic) bond motifs is 3. The number of aliphatic hydroxyl groups is 1. The Morgan fingerprint density at radius 1 is 1.22 bits per heavy atom. The third-order valence-corrected chi connectivity index (χ3v) is 6.68. The van der Waals surface area contributed by atoms with Crippen molar-refractivity contribution in [2.75, 3.05) is 7.11 Å². The molecule has 0 heterocycles. The Kier molecular flexibility index (Phi) is 6.30. The molecule has 2 N–H and O–H groups in total. The molecule has 0 aliphatic heterocycles. The van der Waals surface area contributed by atoms with E-state index >= 15 is 0 Å². The topological polar surface area (TPSA) is 66.8 Å². The van der Waals surface area contributed by atoms with Crippen molar-refractivity contribution in [2.45, 2.75) is 84.7 Å². The molecule has 27 heavy (non-hydrogen) atoms. The molecule has 4 heteroatoms. The van der Waals surface area contributed by atoms with Crippen LogP contribution >= 0.6 is 0 Å². The molecule has 3 rings (SSSR count). The molecular weight excluding hydrogens is 340 g/mol. The summed E-state index contributed by atoms with van der Waals surface area (Å²) in [6.07, 6.45) is 4.28. The number of carbonyl (C=O) groups is 1. The molecule has 1 aromatic carbocycles. The second kappa shape index (κ2) is 7.83. The van der Waals surface area contributed by atoms with Crippen LogP contribution in [0.2, 0.25) is 0 Å². The van der Waals surface area contributed by atoms with Gasteiger partial charge in [0, 0.05) is 12.5 Å². The lowest BCUT2D eigenvalue weighted by Crippen LogP contribution is -2.49. The van der Waals surface area contributed by atoms with E-state index in [-0.39, 0.29) is 11.5 Å². The molecule has 3 atom stereocenters. The van der Waals surface area contributed by atoms with Gasteiger partial charge < -0.3 is 14.9 Å². The summed E-state index contributed by atoms with van der Waals surface area (Å²) in [5, 5.41) is 18.5. The molecule has 0 bridgehead atoms. The number of hydrogen-bond acceptors (Lipinski definition) is 3. The summed E-state index contributed by atoms with van der Waals surface area (Å²) in [6.45, 7) is 12.7. The summed E-state index contributed by atoms with van der Waals surface area (Å²) in [5.74, 6) is 0.987. The predicted octanol–water partition coefficient (Wildman–Crippen LogP) is 5.43. The predicted molar refractivity (Wildman–Crippen MR) is 108 cm³/mol. The van der Waals surface area contributed by atoms with Crippen molar-refractivity contribution in [3.8, 4) is 5.75 Å². The fourth-order valence-corrected chi connectivity index (χ4v) is 5.61. The molecule has 0 aromatic heterocycles. The van der Waals surface area contributed by atoms with E-state index in [1.807, 2.05) is 0 Å². The Labute approximate surface area is 163 Å². The SMILES string of the molecule is CC(=O)O.COc1ccc2c(c1C(C)C)C(O)CC1C(C)(C)CCCC21C. The van der Waals surface area contributed by atoms with Gasteiger partial charge in [-0.2, -0.15) is 0 Å². The monoisotopic (exact) mass is 376 g/mol. The van der Waals surface area contributed by atoms with E-state index in [1.165, 1.54) is 30.4 Å². The van der Waals surface area contributed by atoms with Gasteiger partial charge in [0.15, 0.2) is 0 Å². The quantitative estimate of drug-likeness (QED) is 0.722. The van der Waals surface area contributed by atoms with Crippen LogP contribution in [0.25, 0.3) is 0 Å². The minimum atomic E-state index is -0.833. The number of carboxylic acid groups (broad SMARTS) is 1. The highest BCUT2D eigenvalue weighted by atomic mass is 16.5. The zero-order chi connectivity index (χ0) is 20.6. The zero-order valence-electron chi connectivity index (χ0n) is 17.9. The van der Waals surface area contributed by atoms with Gasteiger partial charge in [-0.15, -0.1) is 0 Å². The summed E-state index contributed by atoms with van der Waals surface area (Å²) in [6, 6.07) is 4.35. The van der Waals surface area contributed by atoms with E-state index in [4.69, 9.17) is 14.6 Å². The Morgan fingerprint density at radius 3 is 2.33 bits per heavy atom. The van der Waals surface area contributed by atoms with Crippen molar-refractivity contribution >= 4 is 5.97 Å². The molecule has 1 saturated carbocycles. The highest BCUT2D eigenvalue weighted by Gasteiger charge is 2.52. The first-order valence-corrected chi connectivity index (χ1v) is 10.0. The molecular formula is C23H36O4. The van der Waals surface area contributed by atoms with E-state index < -0.39 is 5.97 Å². The number of aliphatic hydroxyl groups excluding tert-OH is 1. The number of benzene rings is 1. The molecule has 0 spiro atoms. The van der Waals surface area contributed by atoms with Crippen molar-refractivity contribution in [3.05, 3.63) is 28.8 Å². The molecule has 1 aromatic rings. The van der Waals surface area contributed by atoms with Crippen LogP contribution in [-0.4, -0.2) is 23.3 Å².